The van der Waals surface area contributed by atoms with E-state index in [1.165, 1.54) is 6.92 Å². The molecular weight excluding hydrogens is 298 g/mol. The number of nitrogens with one attached hydrogen (secondary N) is 1. The second kappa shape index (κ2) is 6.85. The lowest BCUT2D eigenvalue weighted by Gasteiger charge is -2.15. The van der Waals surface area contributed by atoms with Crippen LogP contribution in [0.25, 0.3) is 0 Å². The fraction of sp³-hybridized carbons (Fsp3) is 0.235. The van der Waals surface area contributed by atoms with Gasteiger partial charge < -0.3 is 0 Å². The number of ketones is 1. The van der Waals surface area contributed by atoms with Gasteiger partial charge in [-0.15, -0.1) is 0 Å². The number of hydrogen-bond acceptors (Lipinski definition) is 3. The first-order chi connectivity index (χ1) is 10.4. The van der Waals surface area contributed by atoms with Crippen LogP contribution in [0.5, 0.6) is 0 Å². The predicted octanol–water partition coefficient (Wildman–Crippen LogP) is 2.65. The molecule has 0 spiro atoms. The Labute approximate surface area is 131 Å². The summed E-state index contributed by atoms with van der Waals surface area (Å²) in [5.74, 6) is -0.556. The average molecular weight is 317 g/mol. The van der Waals surface area contributed by atoms with Gasteiger partial charge in [0.1, 0.15) is 5.78 Å². The number of benzene rings is 2. The molecule has 2 rings (SSSR count). The van der Waals surface area contributed by atoms with Crippen LogP contribution in [0.15, 0.2) is 59.5 Å². The predicted molar refractivity (Wildman–Crippen MR) is 86.2 cm³/mol. The second-order valence-electron chi connectivity index (χ2n) is 5.24. The van der Waals surface area contributed by atoms with Gasteiger partial charge in [0, 0.05) is 6.54 Å². The molecule has 116 valence electrons. The monoisotopic (exact) mass is 317 g/mol. The molecule has 0 saturated carbocycles. The summed E-state index contributed by atoms with van der Waals surface area (Å²) in [6, 6.07) is 15.8. The second-order valence-corrected chi connectivity index (χ2v) is 7.01. The third-order valence-corrected chi connectivity index (χ3v) is 4.94. The van der Waals surface area contributed by atoms with Gasteiger partial charge in [0.25, 0.3) is 0 Å². The average Bonchev–Trinajstić information content (AvgIpc) is 2.48. The van der Waals surface area contributed by atoms with Crippen molar-refractivity contribution < 1.29 is 13.2 Å². The van der Waals surface area contributed by atoms with E-state index in [9.17, 15) is 13.2 Å². The van der Waals surface area contributed by atoms with Gasteiger partial charge in [-0.2, -0.15) is 0 Å². The van der Waals surface area contributed by atoms with Gasteiger partial charge in [0.2, 0.25) is 10.0 Å². The van der Waals surface area contributed by atoms with Gasteiger partial charge in [0.15, 0.2) is 0 Å². The lowest BCUT2D eigenvalue weighted by molar-refractivity contribution is -0.118. The Hall–Kier alpha value is -1.98. The SMILES string of the molecule is CC(=O)[C@@H](CNS(=O)(=O)c1ccc(C)cc1)c1ccccc1. The van der Waals surface area contributed by atoms with Crippen molar-refractivity contribution in [2.24, 2.45) is 0 Å². The molecule has 0 bridgehead atoms. The van der Waals surface area contributed by atoms with E-state index in [1.54, 1.807) is 24.3 Å². The summed E-state index contributed by atoms with van der Waals surface area (Å²) in [7, 11) is -3.62. The lowest BCUT2D eigenvalue weighted by atomic mass is 9.96. The first-order valence-corrected chi connectivity index (χ1v) is 8.50. The van der Waals surface area contributed by atoms with Gasteiger partial charge in [-0.25, -0.2) is 13.1 Å². The number of Topliss-reactive ketones (excluding diaryl/α,β-unsaturated/α-hetero) is 1. The maximum absolute atomic E-state index is 12.3. The van der Waals surface area contributed by atoms with Crippen molar-refractivity contribution in [3.8, 4) is 0 Å². The van der Waals surface area contributed by atoms with Crippen LogP contribution in [0.2, 0.25) is 0 Å². The standard InChI is InChI=1S/C17H19NO3S/c1-13-8-10-16(11-9-13)22(20,21)18-12-17(14(2)19)15-6-4-3-5-7-15/h3-11,17-18H,12H2,1-2H3/t17-/m1/s1. The highest BCUT2D eigenvalue weighted by atomic mass is 32.2. The van der Waals surface area contributed by atoms with Crippen molar-refractivity contribution in [2.75, 3.05) is 6.54 Å². The molecule has 4 nitrogen and oxygen atoms in total. The highest BCUT2D eigenvalue weighted by Crippen LogP contribution is 2.17. The highest BCUT2D eigenvalue weighted by molar-refractivity contribution is 7.89. The van der Waals surface area contributed by atoms with E-state index in [2.05, 4.69) is 4.72 Å². The summed E-state index contributed by atoms with van der Waals surface area (Å²) in [5, 5.41) is 0. The maximum Gasteiger partial charge on any atom is 0.240 e. The number of carbonyl (C=O) groups is 1. The fourth-order valence-electron chi connectivity index (χ4n) is 2.18. The fourth-order valence-corrected chi connectivity index (χ4v) is 3.22. The van der Waals surface area contributed by atoms with Crippen LogP contribution in [0.4, 0.5) is 0 Å². The molecular formula is C17H19NO3S. The van der Waals surface area contributed by atoms with Gasteiger partial charge in [-0.1, -0.05) is 48.0 Å². The van der Waals surface area contributed by atoms with E-state index in [4.69, 9.17) is 0 Å². The molecule has 0 aromatic heterocycles. The summed E-state index contributed by atoms with van der Waals surface area (Å²) >= 11 is 0. The molecule has 0 heterocycles. The van der Waals surface area contributed by atoms with Crippen molar-refractivity contribution >= 4 is 15.8 Å². The number of carbonyl (C=O) groups excluding carboxylic acids is 1. The third-order valence-electron chi connectivity index (χ3n) is 3.50. The Morgan fingerprint density at radius 3 is 2.18 bits per heavy atom. The van der Waals surface area contributed by atoms with Gasteiger partial charge in [0.05, 0.1) is 10.8 Å². The molecule has 0 amide bonds. The molecule has 2 aromatic rings. The summed E-state index contributed by atoms with van der Waals surface area (Å²) in [6.07, 6.45) is 0. The van der Waals surface area contributed by atoms with Crippen molar-refractivity contribution in [1.29, 1.82) is 0 Å². The smallest absolute Gasteiger partial charge is 0.240 e. The van der Waals surface area contributed by atoms with Crippen LogP contribution < -0.4 is 4.72 Å². The minimum absolute atomic E-state index is 0.0511. The molecule has 22 heavy (non-hydrogen) atoms. The van der Waals surface area contributed by atoms with E-state index in [1.807, 2.05) is 37.3 Å². The van der Waals surface area contributed by atoms with Crippen LogP contribution in [-0.4, -0.2) is 20.7 Å². The molecule has 2 aromatic carbocycles. The van der Waals surface area contributed by atoms with Crippen molar-refractivity contribution in [1.82, 2.24) is 4.72 Å². The summed E-state index contributed by atoms with van der Waals surface area (Å²) < 4.78 is 27.1. The van der Waals surface area contributed by atoms with Crippen molar-refractivity contribution in [3.05, 3.63) is 65.7 Å². The molecule has 0 aliphatic heterocycles. The Morgan fingerprint density at radius 1 is 1.05 bits per heavy atom. The van der Waals surface area contributed by atoms with Crippen molar-refractivity contribution in [2.45, 2.75) is 24.7 Å². The van der Waals surface area contributed by atoms with Crippen LogP contribution in [0.3, 0.4) is 0 Å². The van der Waals surface area contributed by atoms with E-state index in [0.29, 0.717) is 0 Å². The Kier molecular flexibility index (Phi) is 5.11. The number of aryl methyl sites for hydroxylation is 1. The molecule has 5 heteroatoms. The number of hydrogen-bond donors (Lipinski definition) is 1. The third kappa shape index (κ3) is 4.02. The zero-order valence-electron chi connectivity index (χ0n) is 12.6. The zero-order valence-corrected chi connectivity index (χ0v) is 13.4. The van der Waals surface area contributed by atoms with Crippen LogP contribution >= 0.6 is 0 Å². The summed E-state index contributed by atoms with van der Waals surface area (Å²) in [4.78, 5) is 12.0. The molecule has 0 unspecified atom stereocenters. The van der Waals surface area contributed by atoms with Gasteiger partial charge in [-0.05, 0) is 31.5 Å². The topological polar surface area (TPSA) is 63.2 Å². The van der Waals surface area contributed by atoms with Crippen LogP contribution in [0.1, 0.15) is 24.0 Å². The van der Waals surface area contributed by atoms with Crippen LogP contribution in [0, 0.1) is 6.92 Å². The van der Waals surface area contributed by atoms with E-state index in [0.717, 1.165) is 11.1 Å². The van der Waals surface area contributed by atoms with Gasteiger partial charge >= 0.3 is 0 Å². The molecule has 1 atom stereocenters. The van der Waals surface area contributed by atoms with Crippen LogP contribution in [-0.2, 0) is 14.8 Å². The van der Waals surface area contributed by atoms with E-state index >= 15 is 0 Å². The molecule has 0 fully saturated rings. The molecule has 0 saturated heterocycles. The quantitative estimate of drug-likeness (QED) is 0.891. The highest BCUT2D eigenvalue weighted by Gasteiger charge is 2.21. The lowest BCUT2D eigenvalue weighted by Crippen LogP contribution is -2.31. The van der Waals surface area contributed by atoms with E-state index in [-0.39, 0.29) is 17.2 Å². The summed E-state index contributed by atoms with van der Waals surface area (Å²) in [6.45, 7) is 3.42. The number of sulfonamides is 1. The van der Waals surface area contributed by atoms with E-state index < -0.39 is 15.9 Å². The minimum atomic E-state index is -3.62. The summed E-state index contributed by atoms with van der Waals surface area (Å²) in [5.41, 5.74) is 1.80. The molecule has 0 radical (unpaired) electrons. The molecule has 0 aliphatic rings. The molecule has 0 aliphatic carbocycles. The number of rotatable bonds is 6. The Bertz CT molecular complexity index is 737. The first kappa shape index (κ1) is 16.4. The Balaban J connectivity index is 2.15. The zero-order chi connectivity index (χ0) is 16.2. The van der Waals surface area contributed by atoms with Gasteiger partial charge in [-0.3, -0.25) is 4.79 Å². The molecule has 1 N–H and O–H groups in total. The maximum atomic E-state index is 12.3. The normalized spacial score (nSPS) is 12.8. The first-order valence-electron chi connectivity index (χ1n) is 7.02. The van der Waals surface area contributed by atoms with Crippen molar-refractivity contribution in [3.63, 3.8) is 0 Å². The largest absolute Gasteiger partial charge is 0.299 e. The Morgan fingerprint density at radius 2 is 1.64 bits per heavy atom. The minimum Gasteiger partial charge on any atom is -0.299 e.